The van der Waals surface area contributed by atoms with E-state index in [1.165, 1.54) is 0 Å². The predicted octanol–water partition coefficient (Wildman–Crippen LogP) is 2.74. The number of para-hydroxylation sites is 1. The number of anilines is 1. The molecule has 6 heteroatoms. The molecule has 1 atom stereocenters. The second kappa shape index (κ2) is 7.70. The summed E-state index contributed by atoms with van der Waals surface area (Å²) in [5.41, 5.74) is 1.52. The van der Waals surface area contributed by atoms with Gasteiger partial charge in [0.25, 0.3) is 0 Å². The predicted molar refractivity (Wildman–Crippen MR) is 98.8 cm³/mol. The van der Waals surface area contributed by atoms with Crippen LogP contribution in [0.15, 0.2) is 60.7 Å². The Balaban J connectivity index is 1.54. The van der Waals surface area contributed by atoms with Crippen LogP contribution in [0, 0.1) is 5.92 Å². The molecule has 5 nitrogen and oxygen atoms in total. The highest BCUT2D eigenvalue weighted by Gasteiger charge is 2.37. The summed E-state index contributed by atoms with van der Waals surface area (Å²) < 4.78 is 26.7. The van der Waals surface area contributed by atoms with E-state index in [1.54, 1.807) is 24.3 Å². The maximum Gasteiger partial charge on any atom is 0.234 e. The second-order valence-electron chi connectivity index (χ2n) is 6.30. The molecule has 0 heterocycles. The Bertz CT molecular complexity index is 803. The van der Waals surface area contributed by atoms with E-state index in [0.717, 1.165) is 18.4 Å². The van der Waals surface area contributed by atoms with Gasteiger partial charge in [-0.25, -0.2) is 8.42 Å². The highest BCUT2D eigenvalue weighted by Crippen LogP contribution is 2.42. The van der Waals surface area contributed by atoms with Gasteiger partial charge in [0.2, 0.25) is 15.9 Å². The highest BCUT2D eigenvalue weighted by atomic mass is 32.2. The van der Waals surface area contributed by atoms with Crippen LogP contribution in [0.1, 0.15) is 24.3 Å². The maximum absolute atomic E-state index is 12.5. The van der Waals surface area contributed by atoms with Crippen molar-refractivity contribution in [3.63, 3.8) is 0 Å². The molecular formula is C19H22N2O3S. The first kappa shape index (κ1) is 17.5. The minimum atomic E-state index is -3.49. The minimum absolute atomic E-state index is 0.0939. The van der Waals surface area contributed by atoms with Crippen molar-refractivity contribution in [2.75, 3.05) is 17.0 Å². The number of hydrogen-bond donors (Lipinski definition) is 2. The van der Waals surface area contributed by atoms with Gasteiger partial charge in [-0.15, -0.1) is 0 Å². The molecule has 1 aliphatic carbocycles. The number of carbonyl (C=O) groups excluding carboxylic acids is 1. The lowest BCUT2D eigenvalue weighted by Gasteiger charge is -2.17. The minimum Gasteiger partial charge on any atom is -0.354 e. The average Bonchev–Trinajstić information content (AvgIpc) is 3.41. The molecule has 3 rings (SSSR count). The van der Waals surface area contributed by atoms with Gasteiger partial charge in [-0.05, 0) is 36.5 Å². The monoisotopic (exact) mass is 358 g/mol. The van der Waals surface area contributed by atoms with Crippen LogP contribution in [0.2, 0.25) is 0 Å². The lowest BCUT2D eigenvalue weighted by Crippen LogP contribution is -2.35. The van der Waals surface area contributed by atoms with Crippen LogP contribution < -0.4 is 10.0 Å². The van der Waals surface area contributed by atoms with Crippen molar-refractivity contribution < 1.29 is 13.2 Å². The molecule has 0 aliphatic heterocycles. The van der Waals surface area contributed by atoms with Crippen LogP contribution in [-0.4, -0.2) is 26.6 Å². The van der Waals surface area contributed by atoms with Crippen LogP contribution >= 0.6 is 0 Å². The number of sulfonamides is 1. The van der Waals surface area contributed by atoms with Gasteiger partial charge in [0.15, 0.2) is 0 Å². The molecule has 1 aliphatic rings. The first-order valence-electron chi connectivity index (χ1n) is 8.43. The molecule has 132 valence electrons. The Kier molecular flexibility index (Phi) is 5.38. The zero-order chi connectivity index (χ0) is 17.7. The number of nitrogens with one attached hydrogen (secondary N) is 2. The Morgan fingerprint density at radius 3 is 2.20 bits per heavy atom. The summed E-state index contributed by atoms with van der Waals surface area (Å²) in [4.78, 5) is 12.5. The quantitative estimate of drug-likeness (QED) is 0.762. The van der Waals surface area contributed by atoms with Crippen molar-refractivity contribution in [3.05, 3.63) is 66.2 Å². The molecule has 1 amide bonds. The van der Waals surface area contributed by atoms with Crippen LogP contribution in [0.3, 0.4) is 0 Å². The number of rotatable bonds is 8. The summed E-state index contributed by atoms with van der Waals surface area (Å²) in [5.74, 6) is -0.0733. The van der Waals surface area contributed by atoms with Crippen molar-refractivity contribution in [3.8, 4) is 0 Å². The summed E-state index contributed by atoms with van der Waals surface area (Å²) in [6.07, 6.45) is 2.09. The average molecular weight is 358 g/mol. The van der Waals surface area contributed by atoms with Crippen molar-refractivity contribution in [2.45, 2.75) is 18.8 Å². The van der Waals surface area contributed by atoms with Gasteiger partial charge in [-0.2, -0.15) is 0 Å². The summed E-state index contributed by atoms with van der Waals surface area (Å²) in [6.45, 7) is 0.0943. The fourth-order valence-electron chi connectivity index (χ4n) is 2.88. The molecule has 0 aromatic heterocycles. The summed E-state index contributed by atoms with van der Waals surface area (Å²) >= 11 is 0. The molecule has 1 unspecified atom stereocenters. The van der Waals surface area contributed by atoms with Crippen molar-refractivity contribution >= 4 is 21.6 Å². The van der Waals surface area contributed by atoms with Gasteiger partial charge in [-0.3, -0.25) is 9.52 Å². The Morgan fingerprint density at radius 2 is 1.60 bits per heavy atom. The van der Waals surface area contributed by atoms with Crippen molar-refractivity contribution in [2.24, 2.45) is 5.92 Å². The van der Waals surface area contributed by atoms with Crippen LogP contribution in [-0.2, 0) is 14.8 Å². The number of benzene rings is 2. The van der Waals surface area contributed by atoms with Gasteiger partial charge in [0, 0.05) is 12.2 Å². The van der Waals surface area contributed by atoms with E-state index < -0.39 is 10.0 Å². The van der Waals surface area contributed by atoms with Gasteiger partial charge in [0.05, 0.1) is 11.7 Å². The zero-order valence-corrected chi connectivity index (χ0v) is 14.7. The maximum atomic E-state index is 12.5. The molecule has 2 aromatic rings. The van der Waals surface area contributed by atoms with E-state index in [4.69, 9.17) is 0 Å². The molecule has 2 N–H and O–H groups in total. The first-order chi connectivity index (χ1) is 12.1. The summed E-state index contributed by atoms with van der Waals surface area (Å²) in [7, 11) is -3.49. The van der Waals surface area contributed by atoms with Gasteiger partial charge >= 0.3 is 0 Å². The third kappa shape index (κ3) is 5.06. The molecule has 1 fully saturated rings. The number of amides is 1. The third-order valence-corrected chi connectivity index (χ3v) is 5.54. The van der Waals surface area contributed by atoms with E-state index in [0.29, 0.717) is 11.6 Å². The van der Waals surface area contributed by atoms with E-state index >= 15 is 0 Å². The Morgan fingerprint density at radius 1 is 1.00 bits per heavy atom. The standard InChI is InChI=1S/C19H22N2O3S/c22-19(18(16-11-12-16)15-7-3-1-4-8-15)20-13-14-25(23,24)21-17-9-5-2-6-10-17/h1-10,16,18,21H,11-14H2,(H,20,22). The molecular weight excluding hydrogens is 336 g/mol. The number of carbonyl (C=O) groups is 1. The zero-order valence-electron chi connectivity index (χ0n) is 13.9. The van der Waals surface area contributed by atoms with Crippen molar-refractivity contribution in [1.82, 2.24) is 5.32 Å². The normalized spacial score (nSPS) is 15.4. The van der Waals surface area contributed by atoms with Crippen LogP contribution in [0.5, 0.6) is 0 Å². The lowest BCUT2D eigenvalue weighted by molar-refractivity contribution is -0.122. The fraction of sp³-hybridized carbons (Fsp3) is 0.316. The van der Waals surface area contributed by atoms with E-state index in [2.05, 4.69) is 10.0 Å². The number of hydrogen-bond acceptors (Lipinski definition) is 3. The Hall–Kier alpha value is -2.34. The molecule has 0 bridgehead atoms. The van der Waals surface area contributed by atoms with Crippen LogP contribution in [0.25, 0.3) is 0 Å². The molecule has 0 spiro atoms. The fourth-order valence-corrected chi connectivity index (χ4v) is 3.85. The largest absolute Gasteiger partial charge is 0.354 e. The lowest BCUT2D eigenvalue weighted by atomic mass is 9.93. The van der Waals surface area contributed by atoms with Crippen LogP contribution in [0.4, 0.5) is 5.69 Å². The molecule has 2 aromatic carbocycles. The van der Waals surface area contributed by atoms with E-state index in [1.807, 2.05) is 36.4 Å². The summed E-state index contributed by atoms with van der Waals surface area (Å²) in [5, 5.41) is 2.79. The smallest absolute Gasteiger partial charge is 0.234 e. The van der Waals surface area contributed by atoms with Gasteiger partial charge in [-0.1, -0.05) is 48.5 Å². The van der Waals surface area contributed by atoms with E-state index in [-0.39, 0.29) is 24.1 Å². The summed E-state index contributed by atoms with van der Waals surface area (Å²) in [6, 6.07) is 18.4. The molecule has 1 saturated carbocycles. The van der Waals surface area contributed by atoms with Gasteiger partial charge < -0.3 is 5.32 Å². The Labute approximate surface area is 148 Å². The molecule has 25 heavy (non-hydrogen) atoms. The van der Waals surface area contributed by atoms with Crippen molar-refractivity contribution in [1.29, 1.82) is 0 Å². The second-order valence-corrected chi connectivity index (χ2v) is 8.15. The highest BCUT2D eigenvalue weighted by molar-refractivity contribution is 7.92. The van der Waals surface area contributed by atoms with E-state index in [9.17, 15) is 13.2 Å². The third-order valence-electron chi connectivity index (χ3n) is 4.25. The molecule has 0 radical (unpaired) electrons. The SMILES string of the molecule is O=C(NCCS(=O)(=O)Nc1ccccc1)C(c1ccccc1)C1CC1. The molecule has 0 saturated heterocycles. The topological polar surface area (TPSA) is 75.3 Å². The van der Waals surface area contributed by atoms with Gasteiger partial charge in [0.1, 0.15) is 0 Å². The first-order valence-corrected chi connectivity index (χ1v) is 10.1.